The Morgan fingerprint density at radius 1 is 1.18 bits per heavy atom. The molecule has 0 saturated heterocycles. The second-order valence-corrected chi connectivity index (χ2v) is 6.69. The van der Waals surface area contributed by atoms with Crippen LogP contribution in [0.5, 0.6) is 5.75 Å². The zero-order valence-corrected chi connectivity index (χ0v) is 15.6. The number of nitrogens with one attached hydrogen (secondary N) is 1. The number of pyridine rings is 1. The van der Waals surface area contributed by atoms with Crippen LogP contribution in [0.4, 0.5) is 0 Å². The summed E-state index contributed by atoms with van der Waals surface area (Å²) in [5.74, 6) is -0.955. The molecule has 0 aliphatic carbocycles. The number of hydrogen-bond acceptors (Lipinski definition) is 5. The van der Waals surface area contributed by atoms with Gasteiger partial charge in [0, 0.05) is 5.39 Å². The predicted octanol–water partition coefficient (Wildman–Crippen LogP) is 3.09. The number of ether oxygens (including phenoxy) is 2. The predicted molar refractivity (Wildman–Crippen MR) is 106 cm³/mol. The molecule has 28 heavy (non-hydrogen) atoms. The standard InChI is InChI=1S/C22H20N2O4/c1-3-27-22(26)18-16(13-10-8-12(2)9-11-13)17-19(28-20(18)23)14-6-4-5-7-15(14)24-21(17)25/h4-11,16H,3,23H2,1-2H3,(H,24,25)/t16-/m1/s1. The molecule has 0 unspecified atom stereocenters. The Bertz CT molecular complexity index is 1160. The van der Waals surface area contributed by atoms with E-state index in [0.29, 0.717) is 16.8 Å². The molecule has 2 heterocycles. The number of aromatic amines is 1. The number of esters is 1. The molecular formula is C22H20N2O4. The van der Waals surface area contributed by atoms with Crippen molar-refractivity contribution in [2.24, 2.45) is 5.73 Å². The Balaban J connectivity index is 2.03. The van der Waals surface area contributed by atoms with Crippen LogP contribution in [0, 0.1) is 6.92 Å². The lowest BCUT2D eigenvalue weighted by Crippen LogP contribution is -2.32. The molecule has 0 bridgehead atoms. The van der Waals surface area contributed by atoms with Crippen LogP contribution in [0.2, 0.25) is 0 Å². The van der Waals surface area contributed by atoms with Crippen LogP contribution >= 0.6 is 0 Å². The van der Waals surface area contributed by atoms with E-state index in [1.165, 1.54) is 0 Å². The normalized spacial score (nSPS) is 15.9. The molecule has 1 aliphatic heterocycles. The third-order valence-electron chi connectivity index (χ3n) is 4.87. The molecule has 4 rings (SSSR count). The summed E-state index contributed by atoms with van der Waals surface area (Å²) in [6, 6.07) is 14.9. The molecule has 0 radical (unpaired) electrons. The van der Waals surface area contributed by atoms with Crippen molar-refractivity contribution in [3.63, 3.8) is 0 Å². The van der Waals surface area contributed by atoms with Crippen LogP contribution in [-0.4, -0.2) is 17.6 Å². The largest absolute Gasteiger partial charge is 0.462 e. The number of aryl methyl sites for hydroxylation is 1. The number of para-hydroxylation sites is 1. The van der Waals surface area contributed by atoms with E-state index in [9.17, 15) is 9.59 Å². The lowest BCUT2D eigenvalue weighted by Gasteiger charge is -2.28. The van der Waals surface area contributed by atoms with Gasteiger partial charge in [-0.1, -0.05) is 42.0 Å². The van der Waals surface area contributed by atoms with Crippen molar-refractivity contribution in [1.29, 1.82) is 0 Å². The number of H-pyrrole nitrogens is 1. The average molecular weight is 376 g/mol. The van der Waals surface area contributed by atoms with E-state index in [1.807, 2.05) is 49.4 Å². The molecule has 6 nitrogen and oxygen atoms in total. The molecule has 1 aliphatic rings. The van der Waals surface area contributed by atoms with Crippen LogP contribution in [-0.2, 0) is 9.53 Å². The Hall–Kier alpha value is -3.54. The van der Waals surface area contributed by atoms with E-state index in [0.717, 1.165) is 16.5 Å². The third kappa shape index (κ3) is 2.83. The number of carbonyl (C=O) groups excluding carboxylic acids is 1. The summed E-state index contributed by atoms with van der Waals surface area (Å²) in [6.45, 7) is 3.88. The fourth-order valence-electron chi connectivity index (χ4n) is 3.57. The number of carbonyl (C=O) groups is 1. The van der Waals surface area contributed by atoms with Crippen molar-refractivity contribution in [3.8, 4) is 5.75 Å². The van der Waals surface area contributed by atoms with Crippen molar-refractivity contribution >= 4 is 16.9 Å². The second kappa shape index (κ2) is 6.88. The maximum Gasteiger partial charge on any atom is 0.340 e. The highest BCUT2D eigenvalue weighted by Crippen LogP contribution is 2.43. The Labute approximate surface area is 161 Å². The SMILES string of the molecule is CCOC(=O)C1=C(N)Oc2c(c(=O)[nH]c3ccccc23)[C@H]1c1ccc(C)cc1. The quantitative estimate of drug-likeness (QED) is 0.685. The van der Waals surface area contributed by atoms with Gasteiger partial charge in [0.2, 0.25) is 5.88 Å². The molecule has 2 aromatic carbocycles. The van der Waals surface area contributed by atoms with Gasteiger partial charge >= 0.3 is 5.97 Å². The highest BCUT2D eigenvalue weighted by Gasteiger charge is 2.38. The van der Waals surface area contributed by atoms with Gasteiger partial charge < -0.3 is 20.2 Å². The van der Waals surface area contributed by atoms with Crippen LogP contribution in [0.1, 0.15) is 29.5 Å². The van der Waals surface area contributed by atoms with Gasteiger partial charge in [-0.05, 0) is 31.5 Å². The third-order valence-corrected chi connectivity index (χ3v) is 4.87. The number of fused-ring (bicyclic) bond motifs is 3. The molecule has 142 valence electrons. The maximum atomic E-state index is 13.0. The topological polar surface area (TPSA) is 94.4 Å². The van der Waals surface area contributed by atoms with E-state index >= 15 is 0 Å². The van der Waals surface area contributed by atoms with E-state index in [4.69, 9.17) is 15.2 Å². The smallest absolute Gasteiger partial charge is 0.340 e. The molecule has 3 N–H and O–H groups in total. The number of aromatic nitrogens is 1. The minimum atomic E-state index is -0.684. The van der Waals surface area contributed by atoms with Crippen LogP contribution in [0.25, 0.3) is 10.9 Å². The molecular weight excluding hydrogens is 356 g/mol. The summed E-state index contributed by atoms with van der Waals surface area (Å²) in [7, 11) is 0. The van der Waals surface area contributed by atoms with Gasteiger partial charge in [-0.25, -0.2) is 4.79 Å². The first-order chi connectivity index (χ1) is 13.5. The monoisotopic (exact) mass is 376 g/mol. The summed E-state index contributed by atoms with van der Waals surface area (Å²) >= 11 is 0. The van der Waals surface area contributed by atoms with Crippen LogP contribution in [0.3, 0.4) is 0 Å². The second-order valence-electron chi connectivity index (χ2n) is 6.69. The summed E-state index contributed by atoms with van der Waals surface area (Å²) in [4.78, 5) is 28.6. The summed E-state index contributed by atoms with van der Waals surface area (Å²) in [6.07, 6.45) is 0. The zero-order valence-electron chi connectivity index (χ0n) is 15.6. The first-order valence-corrected chi connectivity index (χ1v) is 9.07. The van der Waals surface area contributed by atoms with Gasteiger partial charge in [-0.15, -0.1) is 0 Å². The number of benzene rings is 2. The van der Waals surface area contributed by atoms with Crippen LogP contribution in [0.15, 0.2) is 64.8 Å². The van der Waals surface area contributed by atoms with E-state index < -0.39 is 11.9 Å². The van der Waals surface area contributed by atoms with Crippen molar-refractivity contribution in [2.75, 3.05) is 6.61 Å². The maximum absolute atomic E-state index is 13.0. The fourth-order valence-corrected chi connectivity index (χ4v) is 3.57. The Kier molecular flexibility index (Phi) is 4.39. The number of hydrogen-bond donors (Lipinski definition) is 2. The van der Waals surface area contributed by atoms with Crippen molar-refractivity contribution < 1.29 is 14.3 Å². The summed E-state index contributed by atoms with van der Waals surface area (Å²) < 4.78 is 11.0. The molecule has 0 saturated carbocycles. The molecule has 0 fully saturated rings. The summed E-state index contributed by atoms with van der Waals surface area (Å²) in [5.41, 5.74) is 8.80. The van der Waals surface area contributed by atoms with E-state index in [2.05, 4.69) is 4.98 Å². The van der Waals surface area contributed by atoms with Crippen LogP contribution < -0.4 is 16.0 Å². The molecule has 1 aromatic heterocycles. The van der Waals surface area contributed by atoms with E-state index in [-0.39, 0.29) is 23.6 Å². The zero-order chi connectivity index (χ0) is 19.8. The lowest BCUT2D eigenvalue weighted by atomic mass is 9.82. The minimum Gasteiger partial charge on any atom is -0.462 e. The molecule has 0 spiro atoms. The van der Waals surface area contributed by atoms with Gasteiger partial charge in [-0.2, -0.15) is 0 Å². The van der Waals surface area contributed by atoms with Crippen molar-refractivity contribution in [1.82, 2.24) is 4.98 Å². The van der Waals surface area contributed by atoms with Gasteiger partial charge in [0.25, 0.3) is 5.56 Å². The molecule has 0 amide bonds. The minimum absolute atomic E-state index is 0.0488. The summed E-state index contributed by atoms with van der Waals surface area (Å²) in [5, 5.41) is 0.722. The highest BCUT2D eigenvalue weighted by molar-refractivity contribution is 5.95. The molecule has 3 aromatic rings. The molecule has 6 heteroatoms. The Morgan fingerprint density at radius 2 is 1.89 bits per heavy atom. The van der Waals surface area contributed by atoms with Gasteiger partial charge in [-0.3, -0.25) is 4.79 Å². The highest BCUT2D eigenvalue weighted by atomic mass is 16.5. The number of rotatable bonds is 3. The van der Waals surface area contributed by atoms with Crippen molar-refractivity contribution in [3.05, 3.63) is 87.0 Å². The number of nitrogens with two attached hydrogens (primary N) is 1. The molecule has 1 atom stereocenters. The first kappa shape index (κ1) is 17.9. The van der Waals surface area contributed by atoms with Gasteiger partial charge in [0.15, 0.2) is 0 Å². The van der Waals surface area contributed by atoms with Crippen molar-refractivity contribution in [2.45, 2.75) is 19.8 Å². The van der Waals surface area contributed by atoms with E-state index in [1.54, 1.807) is 13.0 Å². The Morgan fingerprint density at radius 3 is 2.61 bits per heavy atom. The van der Waals surface area contributed by atoms with Gasteiger partial charge in [0.1, 0.15) is 11.3 Å². The average Bonchev–Trinajstić information content (AvgIpc) is 2.68. The fraction of sp³-hybridized carbons (Fsp3) is 0.182. The van der Waals surface area contributed by atoms with Gasteiger partial charge in [0.05, 0.1) is 23.6 Å². The lowest BCUT2D eigenvalue weighted by molar-refractivity contribution is -0.139. The first-order valence-electron chi connectivity index (χ1n) is 9.07.